The lowest BCUT2D eigenvalue weighted by atomic mass is 10.2. The van der Waals surface area contributed by atoms with Crippen molar-refractivity contribution in [1.29, 1.82) is 0 Å². The molecule has 9 heteroatoms. The van der Waals surface area contributed by atoms with Crippen molar-refractivity contribution in [3.8, 4) is 23.1 Å². The summed E-state index contributed by atoms with van der Waals surface area (Å²) in [5.41, 5.74) is 1.31. The van der Waals surface area contributed by atoms with Gasteiger partial charge < -0.3 is 19.2 Å². The number of allylic oxidation sites excluding steroid dienone is 1. The van der Waals surface area contributed by atoms with Gasteiger partial charge in [0.1, 0.15) is 5.75 Å². The largest absolute Gasteiger partial charge is 0.497 e. The van der Waals surface area contributed by atoms with Crippen molar-refractivity contribution in [3.63, 3.8) is 0 Å². The molecule has 0 radical (unpaired) electrons. The number of para-hydroxylation sites is 1. The summed E-state index contributed by atoms with van der Waals surface area (Å²) in [5.74, 6) is 2.44. The average molecular weight is 451 g/mol. The van der Waals surface area contributed by atoms with Crippen LogP contribution in [0.4, 0.5) is 5.69 Å². The number of ether oxygens (including phenoxy) is 2. The summed E-state index contributed by atoms with van der Waals surface area (Å²) in [6.45, 7) is 4.29. The maximum absolute atomic E-state index is 12.4. The Hall–Kier alpha value is -3.72. The highest BCUT2D eigenvalue weighted by molar-refractivity contribution is 7.99. The normalized spacial score (nSPS) is 10.8. The van der Waals surface area contributed by atoms with Crippen LogP contribution in [0.1, 0.15) is 0 Å². The number of nitrogens with zero attached hydrogens (tertiary/aromatic N) is 3. The van der Waals surface area contributed by atoms with Crippen molar-refractivity contribution in [1.82, 2.24) is 14.8 Å². The molecule has 0 aliphatic rings. The SMILES string of the molecule is C=CCn1c(SCC(=O)Nc2cccc(OC)c2)nnc1-c1cc2cccc(OC)c2o1. The summed E-state index contributed by atoms with van der Waals surface area (Å²) in [4.78, 5) is 12.4. The van der Waals surface area contributed by atoms with Gasteiger partial charge in [-0.2, -0.15) is 0 Å². The quantitative estimate of drug-likeness (QED) is 0.294. The molecule has 0 spiro atoms. The van der Waals surface area contributed by atoms with Gasteiger partial charge in [-0.3, -0.25) is 9.36 Å². The number of fused-ring (bicyclic) bond motifs is 1. The number of hydrogen-bond donors (Lipinski definition) is 1. The molecule has 0 bridgehead atoms. The number of nitrogens with one attached hydrogen (secondary N) is 1. The van der Waals surface area contributed by atoms with Gasteiger partial charge in [-0.1, -0.05) is 36.0 Å². The van der Waals surface area contributed by atoms with E-state index < -0.39 is 0 Å². The zero-order chi connectivity index (χ0) is 22.5. The number of hydrogen-bond acceptors (Lipinski definition) is 7. The van der Waals surface area contributed by atoms with Gasteiger partial charge in [-0.25, -0.2) is 0 Å². The molecule has 4 rings (SSSR count). The molecule has 1 amide bonds. The van der Waals surface area contributed by atoms with Crippen molar-refractivity contribution in [2.75, 3.05) is 25.3 Å². The second-order valence-electron chi connectivity index (χ2n) is 6.76. The molecule has 8 nitrogen and oxygen atoms in total. The monoisotopic (exact) mass is 450 g/mol. The highest BCUT2D eigenvalue weighted by Crippen LogP contribution is 2.34. The van der Waals surface area contributed by atoms with E-state index in [9.17, 15) is 4.79 Å². The minimum atomic E-state index is -0.161. The molecule has 0 saturated heterocycles. The molecular formula is C23H22N4O4S. The third-order valence-electron chi connectivity index (χ3n) is 4.66. The van der Waals surface area contributed by atoms with Crippen LogP contribution in [0.5, 0.6) is 11.5 Å². The lowest BCUT2D eigenvalue weighted by molar-refractivity contribution is -0.113. The Labute approximate surface area is 189 Å². The zero-order valence-electron chi connectivity index (χ0n) is 17.7. The second-order valence-corrected chi connectivity index (χ2v) is 7.71. The standard InChI is InChI=1S/C23H22N4O4S/c1-4-11-27-22(19-12-15-7-5-10-18(30-3)21(15)31-19)25-26-23(27)32-14-20(28)24-16-8-6-9-17(13-16)29-2/h4-10,12-13H,1,11,14H2,2-3H3,(H,24,28). The van der Waals surface area contributed by atoms with E-state index in [2.05, 4.69) is 22.1 Å². The number of carbonyl (C=O) groups excluding carboxylic acids is 1. The van der Waals surface area contributed by atoms with Crippen LogP contribution in [0, 0.1) is 0 Å². The number of amides is 1. The van der Waals surface area contributed by atoms with Crippen molar-refractivity contribution in [2.24, 2.45) is 0 Å². The first-order valence-electron chi connectivity index (χ1n) is 9.80. The number of carbonyl (C=O) groups is 1. The van der Waals surface area contributed by atoms with Crippen molar-refractivity contribution < 1.29 is 18.7 Å². The van der Waals surface area contributed by atoms with Gasteiger partial charge in [0, 0.05) is 23.7 Å². The fraction of sp³-hybridized carbons (Fsp3) is 0.174. The van der Waals surface area contributed by atoms with E-state index in [1.54, 1.807) is 32.4 Å². The average Bonchev–Trinajstić information content (AvgIpc) is 3.41. The van der Waals surface area contributed by atoms with Crippen LogP contribution in [-0.2, 0) is 11.3 Å². The molecule has 32 heavy (non-hydrogen) atoms. The number of rotatable bonds is 9. The summed E-state index contributed by atoms with van der Waals surface area (Å²) in [6.07, 6.45) is 1.75. The maximum atomic E-state index is 12.4. The van der Waals surface area contributed by atoms with Gasteiger partial charge in [0.25, 0.3) is 0 Å². The fourth-order valence-electron chi connectivity index (χ4n) is 3.21. The molecule has 2 aromatic carbocycles. The zero-order valence-corrected chi connectivity index (χ0v) is 18.5. The van der Waals surface area contributed by atoms with Gasteiger partial charge in [0.15, 0.2) is 22.2 Å². The molecule has 0 aliphatic heterocycles. The Kier molecular flexibility index (Phi) is 6.46. The van der Waals surface area contributed by atoms with E-state index in [1.807, 2.05) is 41.0 Å². The predicted octanol–water partition coefficient (Wildman–Crippen LogP) is 4.63. The van der Waals surface area contributed by atoms with Crippen LogP contribution in [0.25, 0.3) is 22.6 Å². The summed E-state index contributed by atoms with van der Waals surface area (Å²) in [6, 6.07) is 14.8. The molecule has 2 heterocycles. The van der Waals surface area contributed by atoms with Crippen LogP contribution in [0.3, 0.4) is 0 Å². The first kappa shape index (κ1) is 21.5. The first-order valence-corrected chi connectivity index (χ1v) is 10.8. The van der Waals surface area contributed by atoms with Crippen molar-refractivity contribution in [2.45, 2.75) is 11.7 Å². The maximum Gasteiger partial charge on any atom is 0.234 e. The van der Waals surface area contributed by atoms with E-state index in [4.69, 9.17) is 13.9 Å². The molecule has 164 valence electrons. The Morgan fingerprint density at radius 1 is 1.19 bits per heavy atom. The third-order valence-corrected chi connectivity index (χ3v) is 5.63. The Bertz CT molecular complexity index is 1260. The van der Waals surface area contributed by atoms with Crippen molar-refractivity contribution in [3.05, 3.63) is 61.2 Å². The highest BCUT2D eigenvalue weighted by Gasteiger charge is 2.19. The number of aromatic nitrogens is 3. The van der Waals surface area contributed by atoms with Gasteiger partial charge in [-0.05, 0) is 24.3 Å². The van der Waals surface area contributed by atoms with E-state index in [1.165, 1.54) is 11.8 Å². The number of thioether (sulfide) groups is 1. The fourth-order valence-corrected chi connectivity index (χ4v) is 3.95. The molecule has 2 aromatic heterocycles. The summed E-state index contributed by atoms with van der Waals surface area (Å²) < 4.78 is 18.4. The molecule has 0 saturated carbocycles. The summed E-state index contributed by atoms with van der Waals surface area (Å²) in [5, 5.41) is 12.9. The van der Waals surface area contributed by atoms with Crippen LogP contribution in [0.2, 0.25) is 0 Å². The van der Waals surface area contributed by atoms with E-state index in [0.717, 1.165) is 5.39 Å². The van der Waals surface area contributed by atoms with Crippen LogP contribution in [-0.4, -0.2) is 40.6 Å². The Morgan fingerprint density at radius 3 is 2.81 bits per heavy atom. The molecule has 1 N–H and O–H groups in total. The van der Waals surface area contributed by atoms with Crippen LogP contribution in [0.15, 0.2) is 70.8 Å². The summed E-state index contributed by atoms with van der Waals surface area (Å²) >= 11 is 1.29. The molecule has 0 atom stereocenters. The lowest BCUT2D eigenvalue weighted by Crippen LogP contribution is -2.14. The number of anilines is 1. The van der Waals surface area contributed by atoms with Crippen molar-refractivity contribution >= 4 is 34.3 Å². The van der Waals surface area contributed by atoms with E-state index >= 15 is 0 Å². The Morgan fingerprint density at radius 2 is 2.03 bits per heavy atom. The van der Waals surface area contributed by atoms with Gasteiger partial charge in [0.2, 0.25) is 11.7 Å². The van der Waals surface area contributed by atoms with Crippen LogP contribution >= 0.6 is 11.8 Å². The molecule has 0 aliphatic carbocycles. The van der Waals surface area contributed by atoms with E-state index in [0.29, 0.717) is 46.1 Å². The van der Waals surface area contributed by atoms with E-state index in [-0.39, 0.29) is 11.7 Å². The number of benzene rings is 2. The minimum absolute atomic E-state index is 0.161. The second kappa shape index (κ2) is 9.61. The topological polar surface area (TPSA) is 91.4 Å². The highest BCUT2D eigenvalue weighted by atomic mass is 32.2. The van der Waals surface area contributed by atoms with Crippen LogP contribution < -0.4 is 14.8 Å². The minimum Gasteiger partial charge on any atom is -0.497 e. The number of furan rings is 1. The third kappa shape index (κ3) is 4.47. The van der Waals surface area contributed by atoms with Gasteiger partial charge in [0.05, 0.1) is 20.0 Å². The molecular weight excluding hydrogens is 428 g/mol. The molecule has 4 aromatic rings. The summed E-state index contributed by atoms with van der Waals surface area (Å²) in [7, 11) is 3.18. The smallest absolute Gasteiger partial charge is 0.234 e. The van der Waals surface area contributed by atoms with Gasteiger partial charge >= 0.3 is 0 Å². The lowest BCUT2D eigenvalue weighted by Gasteiger charge is -2.08. The predicted molar refractivity (Wildman–Crippen MR) is 124 cm³/mol. The van der Waals surface area contributed by atoms with Gasteiger partial charge in [-0.15, -0.1) is 16.8 Å². The number of methoxy groups -OCH3 is 2. The Balaban J connectivity index is 1.53. The first-order chi connectivity index (χ1) is 15.6. The molecule has 0 unspecified atom stereocenters. The molecule has 0 fully saturated rings.